The fourth-order valence-corrected chi connectivity index (χ4v) is 5.03. The summed E-state index contributed by atoms with van der Waals surface area (Å²) in [5.41, 5.74) is 3.00. The highest BCUT2D eigenvalue weighted by molar-refractivity contribution is 6.05. The smallest absolute Gasteiger partial charge is 0.287 e. The molecule has 0 bridgehead atoms. The fraction of sp³-hybridized carbons (Fsp3) is 0.344. The third-order valence-corrected chi connectivity index (χ3v) is 7.37. The molecule has 0 aliphatic rings. The van der Waals surface area contributed by atoms with Crippen molar-refractivity contribution in [3.05, 3.63) is 71.5 Å². The van der Waals surface area contributed by atoms with Gasteiger partial charge >= 0.3 is 0 Å². The van der Waals surface area contributed by atoms with E-state index in [4.69, 9.17) is 0 Å². The Balaban J connectivity index is 1.26. The minimum atomic E-state index is -0.510. The number of ketones is 3. The second-order valence-corrected chi connectivity index (χ2v) is 11.4. The SMILES string of the molecule is CC(=O)CCNc1cc(C(=O)Nc2cn(C)c(C(=O)NCCC(=O)Cc3cc(C(=O)Nc4cc(C(C)=O)n(C)c4)n(C)c3)n2)n(C)c1. The van der Waals surface area contributed by atoms with Gasteiger partial charge in [0.1, 0.15) is 23.0 Å². The average Bonchev–Trinajstić information content (AvgIpc) is 3.74. The molecule has 0 spiro atoms. The molecule has 0 aliphatic heterocycles. The predicted molar refractivity (Wildman–Crippen MR) is 175 cm³/mol. The largest absolute Gasteiger partial charge is 0.383 e. The molecular formula is C32H39N9O6. The van der Waals surface area contributed by atoms with E-state index in [0.29, 0.717) is 47.0 Å². The zero-order valence-electron chi connectivity index (χ0n) is 27.3. The first-order valence-corrected chi connectivity index (χ1v) is 14.9. The van der Waals surface area contributed by atoms with Crippen molar-refractivity contribution in [3.63, 3.8) is 0 Å². The number of carbonyl (C=O) groups is 6. The molecule has 15 nitrogen and oxygen atoms in total. The Morgan fingerprint density at radius 2 is 1.28 bits per heavy atom. The van der Waals surface area contributed by atoms with E-state index in [-0.39, 0.29) is 54.3 Å². The fourth-order valence-electron chi connectivity index (χ4n) is 5.03. The molecule has 0 saturated carbocycles. The van der Waals surface area contributed by atoms with Gasteiger partial charge in [-0.25, -0.2) is 4.98 Å². The molecule has 4 N–H and O–H groups in total. The van der Waals surface area contributed by atoms with Crippen LogP contribution in [0.25, 0.3) is 0 Å². The van der Waals surface area contributed by atoms with E-state index in [9.17, 15) is 28.8 Å². The quantitative estimate of drug-likeness (QED) is 0.142. The van der Waals surface area contributed by atoms with E-state index in [1.165, 1.54) is 24.6 Å². The molecular weight excluding hydrogens is 606 g/mol. The van der Waals surface area contributed by atoms with Gasteiger partial charge in [-0.15, -0.1) is 0 Å². The summed E-state index contributed by atoms with van der Waals surface area (Å²) in [6.45, 7) is 3.49. The third-order valence-electron chi connectivity index (χ3n) is 7.37. The highest BCUT2D eigenvalue weighted by Gasteiger charge is 2.19. The number of imidazole rings is 1. The molecule has 15 heteroatoms. The van der Waals surface area contributed by atoms with Gasteiger partial charge in [0.15, 0.2) is 11.6 Å². The molecule has 4 heterocycles. The first-order valence-electron chi connectivity index (χ1n) is 14.9. The van der Waals surface area contributed by atoms with Crippen LogP contribution in [0.3, 0.4) is 0 Å². The van der Waals surface area contributed by atoms with Crippen LogP contribution in [0.5, 0.6) is 0 Å². The topological polar surface area (TPSA) is 183 Å². The molecule has 0 fully saturated rings. The molecule has 0 saturated heterocycles. The van der Waals surface area contributed by atoms with E-state index in [1.54, 1.807) is 78.7 Å². The molecule has 0 atom stereocenters. The maximum atomic E-state index is 12.9. The number of carbonyl (C=O) groups excluding carboxylic acids is 6. The summed E-state index contributed by atoms with van der Waals surface area (Å²) in [5.74, 6) is -1.27. The first kappa shape index (κ1) is 34.1. The Bertz CT molecular complexity index is 1860. The lowest BCUT2D eigenvalue weighted by molar-refractivity contribution is -0.118. The number of amides is 3. The Labute approximate surface area is 271 Å². The molecule has 0 radical (unpaired) electrons. The van der Waals surface area contributed by atoms with Crippen molar-refractivity contribution < 1.29 is 28.8 Å². The van der Waals surface area contributed by atoms with E-state index >= 15 is 0 Å². The maximum Gasteiger partial charge on any atom is 0.287 e. The summed E-state index contributed by atoms with van der Waals surface area (Å²) in [6.07, 6.45) is 7.10. The number of hydrogen-bond donors (Lipinski definition) is 4. The summed E-state index contributed by atoms with van der Waals surface area (Å²) >= 11 is 0. The first-order chi connectivity index (χ1) is 22.2. The number of aryl methyl sites for hydroxylation is 4. The van der Waals surface area contributed by atoms with Gasteiger partial charge in [-0.1, -0.05) is 0 Å². The van der Waals surface area contributed by atoms with Crippen molar-refractivity contribution in [1.29, 1.82) is 0 Å². The van der Waals surface area contributed by atoms with Crippen LogP contribution in [0.4, 0.5) is 17.2 Å². The second kappa shape index (κ2) is 14.6. The standard InChI is InChI=1S/C32H39N9O6/c1-19(42)7-9-33-22-13-27(40(5)16-22)31(46)37-28-18-41(6)29(36-28)32(47)34-10-8-24(44)11-21-12-26(38(3)15-21)30(45)35-23-14-25(20(2)43)39(4)17-23/h12-18,33H,7-11H2,1-6H3,(H,34,47)(H,35,45)(H,37,46). The van der Waals surface area contributed by atoms with Crippen LogP contribution in [0.15, 0.2) is 43.0 Å². The number of nitrogens with one attached hydrogen (secondary N) is 4. The normalized spacial score (nSPS) is 10.9. The van der Waals surface area contributed by atoms with Crippen LogP contribution >= 0.6 is 0 Å². The Kier molecular flexibility index (Phi) is 10.6. The van der Waals surface area contributed by atoms with Crippen LogP contribution < -0.4 is 21.3 Å². The van der Waals surface area contributed by atoms with Gasteiger partial charge in [0.05, 0.1) is 17.1 Å². The molecule has 0 unspecified atom stereocenters. The number of rotatable bonds is 15. The molecule has 248 valence electrons. The maximum absolute atomic E-state index is 12.9. The van der Waals surface area contributed by atoms with Crippen LogP contribution in [0.1, 0.15) is 74.3 Å². The second-order valence-electron chi connectivity index (χ2n) is 11.4. The number of aromatic nitrogens is 5. The Hall–Kier alpha value is -5.73. The monoisotopic (exact) mass is 645 g/mol. The number of anilines is 3. The van der Waals surface area contributed by atoms with Gasteiger partial charge in [-0.2, -0.15) is 0 Å². The van der Waals surface area contributed by atoms with Gasteiger partial charge in [-0.3, -0.25) is 28.8 Å². The number of Topliss-reactive ketones (excluding diaryl/α,β-unsaturated/α-hetero) is 3. The zero-order valence-corrected chi connectivity index (χ0v) is 27.3. The highest BCUT2D eigenvalue weighted by atomic mass is 16.2. The molecule has 0 aromatic carbocycles. The van der Waals surface area contributed by atoms with Crippen molar-refractivity contribution >= 4 is 52.3 Å². The third kappa shape index (κ3) is 8.71. The van der Waals surface area contributed by atoms with Crippen molar-refractivity contribution in [3.8, 4) is 0 Å². The summed E-state index contributed by atoms with van der Waals surface area (Å²) in [6, 6.07) is 4.89. The summed E-state index contributed by atoms with van der Waals surface area (Å²) in [7, 11) is 6.75. The van der Waals surface area contributed by atoms with Crippen LogP contribution in [0, 0.1) is 0 Å². The lowest BCUT2D eigenvalue weighted by Gasteiger charge is -2.04. The van der Waals surface area contributed by atoms with Crippen molar-refractivity contribution in [2.75, 3.05) is 29.0 Å². The Morgan fingerprint density at radius 1 is 0.660 bits per heavy atom. The van der Waals surface area contributed by atoms with Crippen molar-refractivity contribution in [2.24, 2.45) is 28.2 Å². The number of hydrogen-bond acceptors (Lipinski definition) is 8. The molecule has 4 aromatic rings. The van der Waals surface area contributed by atoms with Gasteiger partial charge in [0.2, 0.25) is 5.82 Å². The van der Waals surface area contributed by atoms with Crippen molar-refractivity contribution in [1.82, 2.24) is 28.6 Å². The zero-order chi connectivity index (χ0) is 34.4. The summed E-state index contributed by atoms with van der Waals surface area (Å²) in [5, 5.41) is 11.2. The minimum Gasteiger partial charge on any atom is -0.383 e. The predicted octanol–water partition coefficient (Wildman–Crippen LogP) is 2.47. The molecule has 4 aromatic heterocycles. The van der Waals surface area contributed by atoms with Gasteiger partial charge < -0.3 is 39.5 Å². The highest BCUT2D eigenvalue weighted by Crippen LogP contribution is 2.17. The lowest BCUT2D eigenvalue weighted by atomic mass is 10.1. The van der Waals surface area contributed by atoms with E-state index < -0.39 is 11.8 Å². The summed E-state index contributed by atoms with van der Waals surface area (Å²) < 4.78 is 6.37. The Morgan fingerprint density at radius 3 is 1.96 bits per heavy atom. The number of nitrogens with zero attached hydrogens (tertiary/aromatic N) is 5. The van der Waals surface area contributed by atoms with Crippen molar-refractivity contribution in [2.45, 2.75) is 33.1 Å². The molecule has 0 aliphatic carbocycles. The van der Waals surface area contributed by atoms with Gasteiger partial charge in [-0.05, 0) is 30.7 Å². The van der Waals surface area contributed by atoms with Gasteiger partial charge in [0, 0.05) is 92.3 Å². The molecule has 3 amide bonds. The molecule has 47 heavy (non-hydrogen) atoms. The van der Waals surface area contributed by atoms with E-state index in [0.717, 1.165) is 0 Å². The van der Waals surface area contributed by atoms with Crippen LogP contribution in [-0.4, -0.2) is 71.4 Å². The van der Waals surface area contributed by atoms with Crippen LogP contribution in [0.2, 0.25) is 0 Å². The lowest BCUT2D eigenvalue weighted by Crippen LogP contribution is -2.28. The molecule has 4 rings (SSSR count). The van der Waals surface area contributed by atoms with E-state index in [2.05, 4.69) is 26.3 Å². The van der Waals surface area contributed by atoms with E-state index in [1.807, 2.05) is 0 Å². The average molecular weight is 646 g/mol. The summed E-state index contributed by atoms with van der Waals surface area (Å²) in [4.78, 5) is 78.3. The minimum absolute atomic E-state index is 0.0544. The van der Waals surface area contributed by atoms with Crippen LogP contribution in [-0.2, 0) is 44.2 Å². The van der Waals surface area contributed by atoms with Gasteiger partial charge in [0.25, 0.3) is 17.7 Å².